The number of nitrogens with two attached hydrogens (primary N) is 1. The predicted octanol–water partition coefficient (Wildman–Crippen LogP) is -0.489. The molecule has 0 bridgehead atoms. The van der Waals surface area contributed by atoms with E-state index in [0.717, 1.165) is 49.3 Å². The summed E-state index contributed by atoms with van der Waals surface area (Å²) in [5.74, 6) is -0.472. The third kappa shape index (κ3) is 5.02. The molecule has 7 heteroatoms. The minimum atomic E-state index is -0.551. The van der Waals surface area contributed by atoms with Crippen LogP contribution in [0.1, 0.15) is 24.0 Å². The molecule has 2 rings (SSSR count). The van der Waals surface area contributed by atoms with Gasteiger partial charge in [0, 0.05) is 44.8 Å². The zero-order valence-corrected chi connectivity index (χ0v) is 13.8. The topological polar surface area (TPSA) is 108 Å². The Morgan fingerprint density at radius 1 is 1.38 bits per heavy atom. The van der Waals surface area contributed by atoms with Gasteiger partial charge in [-0.2, -0.15) is 0 Å². The first-order chi connectivity index (χ1) is 11.7. The van der Waals surface area contributed by atoms with Gasteiger partial charge in [-0.15, -0.1) is 0 Å². The molecule has 0 aliphatic carbocycles. The normalized spacial score (nSPS) is 16.0. The summed E-state index contributed by atoms with van der Waals surface area (Å²) in [4.78, 5) is 24.3. The van der Waals surface area contributed by atoms with Crippen LogP contribution in [0, 0.1) is 0 Å². The lowest BCUT2D eigenvalue weighted by molar-refractivity contribution is -0.120. The summed E-state index contributed by atoms with van der Waals surface area (Å²) in [6, 6.07) is 5.42. The Hall–Kier alpha value is -1.96. The largest absolute Gasteiger partial charge is 0.392 e. The second kappa shape index (κ2) is 9.36. The molecule has 1 aromatic rings. The van der Waals surface area contributed by atoms with Crippen molar-refractivity contribution in [2.75, 3.05) is 31.1 Å². The summed E-state index contributed by atoms with van der Waals surface area (Å²) in [5.41, 5.74) is 8.24. The van der Waals surface area contributed by atoms with E-state index in [1.807, 2.05) is 18.2 Å². The first kappa shape index (κ1) is 18.4. The van der Waals surface area contributed by atoms with Crippen LogP contribution in [0.2, 0.25) is 0 Å². The highest BCUT2D eigenvalue weighted by Crippen LogP contribution is 2.21. The first-order valence-corrected chi connectivity index (χ1v) is 8.30. The average Bonchev–Trinajstić information content (AvgIpc) is 2.62. The maximum atomic E-state index is 11.5. The van der Waals surface area contributed by atoms with Crippen molar-refractivity contribution in [2.45, 2.75) is 32.0 Å². The van der Waals surface area contributed by atoms with Crippen LogP contribution in [-0.2, 0) is 22.7 Å². The molecule has 1 unspecified atom stereocenters. The van der Waals surface area contributed by atoms with Crippen LogP contribution in [0.3, 0.4) is 0 Å². The van der Waals surface area contributed by atoms with Crippen LogP contribution < -0.4 is 21.3 Å². The fourth-order valence-electron chi connectivity index (χ4n) is 2.86. The number of nitrogens with one attached hydrogen (secondary N) is 2. The zero-order chi connectivity index (χ0) is 17.4. The van der Waals surface area contributed by atoms with Gasteiger partial charge in [-0.05, 0) is 29.7 Å². The monoisotopic (exact) mass is 334 g/mol. The van der Waals surface area contributed by atoms with E-state index >= 15 is 0 Å². The molecule has 1 aliphatic heterocycles. The van der Waals surface area contributed by atoms with Crippen molar-refractivity contribution in [3.8, 4) is 0 Å². The van der Waals surface area contributed by atoms with Gasteiger partial charge in [-0.3, -0.25) is 4.79 Å². The van der Waals surface area contributed by atoms with Crippen molar-refractivity contribution < 1.29 is 14.7 Å². The van der Waals surface area contributed by atoms with E-state index in [4.69, 9.17) is 5.73 Å². The molecule has 0 saturated carbocycles. The summed E-state index contributed by atoms with van der Waals surface area (Å²) >= 11 is 0. The number of aliphatic hydroxyl groups is 1. The van der Waals surface area contributed by atoms with Crippen LogP contribution >= 0.6 is 0 Å². The number of anilines is 1. The second-order valence-corrected chi connectivity index (χ2v) is 5.93. The van der Waals surface area contributed by atoms with E-state index in [2.05, 4.69) is 15.5 Å². The fourth-order valence-corrected chi connectivity index (χ4v) is 2.86. The highest BCUT2D eigenvalue weighted by molar-refractivity contribution is 5.80. The van der Waals surface area contributed by atoms with Crippen molar-refractivity contribution >= 4 is 17.9 Å². The Labute approximate surface area is 142 Å². The van der Waals surface area contributed by atoms with Crippen molar-refractivity contribution in [3.63, 3.8) is 0 Å². The molecule has 7 nitrogen and oxygen atoms in total. The van der Waals surface area contributed by atoms with Crippen LogP contribution in [0.15, 0.2) is 18.2 Å². The van der Waals surface area contributed by atoms with E-state index in [1.54, 1.807) is 0 Å². The molecular formula is C17H26N4O3. The smallest absolute Gasteiger partial charge is 0.234 e. The van der Waals surface area contributed by atoms with Crippen LogP contribution in [-0.4, -0.2) is 49.5 Å². The third-order valence-corrected chi connectivity index (χ3v) is 4.30. The van der Waals surface area contributed by atoms with Crippen molar-refractivity contribution in [1.82, 2.24) is 10.6 Å². The summed E-state index contributed by atoms with van der Waals surface area (Å²) in [6.45, 7) is 4.13. The van der Waals surface area contributed by atoms with Crippen molar-refractivity contribution in [1.29, 1.82) is 0 Å². The maximum Gasteiger partial charge on any atom is 0.234 e. The number of aldehydes is 1. The van der Waals surface area contributed by atoms with Crippen LogP contribution in [0.25, 0.3) is 0 Å². The number of carbonyl (C=O) groups is 2. The molecule has 0 aromatic heterocycles. The molecule has 1 amide bonds. The summed E-state index contributed by atoms with van der Waals surface area (Å²) in [7, 11) is 0. The minimum Gasteiger partial charge on any atom is -0.392 e. The second-order valence-electron chi connectivity index (χ2n) is 5.93. The highest BCUT2D eigenvalue weighted by atomic mass is 16.3. The molecule has 1 aromatic carbocycles. The maximum absolute atomic E-state index is 11.5. The number of piperazine rings is 1. The van der Waals surface area contributed by atoms with E-state index in [9.17, 15) is 14.7 Å². The lowest BCUT2D eigenvalue weighted by Crippen LogP contribution is -2.43. The van der Waals surface area contributed by atoms with E-state index in [0.29, 0.717) is 13.0 Å². The minimum absolute atomic E-state index is 0.0611. The highest BCUT2D eigenvalue weighted by Gasteiger charge is 2.16. The molecule has 1 saturated heterocycles. The molecule has 1 aliphatic rings. The quantitative estimate of drug-likeness (QED) is 0.454. The Morgan fingerprint density at radius 2 is 2.12 bits per heavy atom. The summed E-state index contributed by atoms with van der Waals surface area (Å²) in [5, 5.41) is 16.0. The molecule has 1 heterocycles. The van der Waals surface area contributed by atoms with E-state index in [-0.39, 0.29) is 13.0 Å². The molecule has 5 N–H and O–H groups in total. The number of aliphatic hydroxyl groups excluding tert-OH is 1. The Kier molecular flexibility index (Phi) is 7.17. The third-order valence-electron chi connectivity index (χ3n) is 4.30. The predicted molar refractivity (Wildman–Crippen MR) is 92.6 cm³/mol. The molecule has 1 fully saturated rings. The Balaban J connectivity index is 2.08. The van der Waals surface area contributed by atoms with Gasteiger partial charge in [0.15, 0.2) is 0 Å². The van der Waals surface area contributed by atoms with Crippen LogP contribution in [0.5, 0.6) is 0 Å². The Bertz CT molecular complexity index is 559. The van der Waals surface area contributed by atoms with Gasteiger partial charge in [0.1, 0.15) is 6.29 Å². The van der Waals surface area contributed by atoms with E-state index in [1.165, 1.54) is 0 Å². The van der Waals surface area contributed by atoms with Gasteiger partial charge in [-0.25, -0.2) is 0 Å². The standard InChI is InChI=1S/C17H26N4O3/c18-17(24)16(2-1-9-22)20-11-14-10-15(4-3-13(14)12-23)21-7-5-19-6-8-21/h3-4,9-10,16,19-20,23H,1-2,5-8,11-12H2,(H2,18,24). The number of amides is 1. The number of carbonyl (C=O) groups excluding carboxylic acids is 2. The zero-order valence-electron chi connectivity index (χ0n) is 13.8. The number of hydrogen-bond acceptors (Lipinski definition) is 6. The van der Waals surface area contributed by atoms with Gasteiger partial charge in [0.05, 0.1) is 12.6 Å². The number of hydrogen-bond donors (Lipinski definition) is 4. The SMILES string of the molecule is NC(=O)C(CCC=O)NCc1cc(N2CCNCC2)ccc1CO. The molecule has 0 spiro atoms. The van der Waals surface area contributed by atoms with E-state index < -0.39 is 11.9 Å². The van der Waals surface area contributed by atoms with Gasteiger partial charge in [0.2, 0.25) is 5.91 Å². The molecule has 1 atom stereocenters. The number of nitrogens with zero attached hydrogens (tertiary/aromatic N) is 1. The summed E-state index contributed by atoms with van der Waals surface area (Å²) < 4.78 is 0. The van der Waals surface area contributed by atoms with Crippen molar-refractivity contribution in [2.24, 2.45) is 5.73 Å². The number of primary amides is 1. The fraction of sp³-hybridized carbons (Fsp3) is 0.529. The first-order valence-electron chi connectivity index (χ1n) is 8.30. The Morgan fingerprint density at radius 3 is 2.75 bits per heavy atom. The lowest BCUT2D eigenvalue weighted by atomic mass is 10.0. The van der Waals surface area contributed by atoms with Crippen molar-refractivity contribution in [3.05, 3.63) is 29.3 Å². The van der Waals surface area contributed by atoms with Gasteiger partial charge in [0.25, 0.3) is 0 Å². The van der Waals surface area contributed by atoms with Gasteiger partial charge in [-0.1, -0.05) is 6.07 Å². The molecule has 24 heavy (non-hydrogen) atoms. The van der Waals surface area contributed by atoms with Gasteiger partial charge < -0.3 is 31.2 Å². The number of rotatable bonds is 9. The average molecular weight is 334 g/mol. The number of benzene rings is 1. The van der Waals surface area contributed by atoms with Gasteiger partial charge >= 0.3 is 0 Å². The van der Waals surface area contributed by atoms with Crippen LogP contribution in [0.4, 0.5) is 5.69 Å². The molecule has 0 radical (unpaired) electrons. The summed E-state index contributed by atoms with van der Waals surface area (Å²) in [6.07, 6.45) is 1.45. The molecular weight excluding hydrogens is 308 g/mol. The lowest BCUT2D eigenvalue weighted by Gasteiger charge is -2.30. The molecule has 132 valence electrons.